The quantitative estimate of drug-likeness (QED) is 0.520. The third-order valence-electron chi connectivity index (χ3n) is 4.79. The molecule has 0 heterocycles. The molecule has 1 saturated carbocycles. The summed E-state index contributed by atoms with van der Waals surface area (Å²) in [5.41, 5.74) is 3.09. The molecule has 0 aromatic heterocycles. The molecule has 3 N–H and O–H groups in total. The minimum atomic E-state index is -0.138. The van der Waals surface area contributed by atoms with E-state index in [1.807, 2.05) is 42.5 Å². The number of anilines is 1. The smallest absolute Gasteiger partial charge is 0.319 e. The van der Waals surface area contributed by atoms with Crippen molar-refractivity contribution in [3.8, 4) is 11.8 Å². The lowest BCUT2D eigenvalue weighted by molar-refractivity contribution is 0.251. The number of unbranched alkanes of at least 4 members (excludes halogenated alkanes) is 1. The van der Waals surface area contributed by atoms with Gasteiger partial charge in [0.1, 0.15) is 5.75 Å². The second-order valence-electron chi connectivity index (χ2n) is 7.35. The molecule has 1 aliphatic rings. The number of amides is 2. The van der Waals surface area contributed by atoms with Gasteiger partial charge in [0.15, 0.2) is 0 Å². The Morgan fingerprint density at radius 1 is 1.24 bits per heavy atom. The van der Waals surface area contributed by atoms with Gasteiger partial charge in [0.2, 0.25) is 0 Å². The SMILES string of the molecule is CC(NCc1cccc(OCCCC#N)c1)c1ccc(NC(=O)NC2CC2)cc1. The topological polar surface area (TPSA) is 86.2 Å². The first-order chi connectivity index (χ1) is 14.1. The van der Waals surface area contributed by atoms with E-state index in [-0.39, 0.29) is 12.1 Å². The van der Waals surface area contributed by atoms with E-state index in [0.717, 1.165) is 48.4 Å². The standard InChI is InChI=1S/C23H28N4O2/c1-17(19-7-9-20(10-8-19)26-23(28)27-21-11-12-21)25-16-18-5-4-6-22(15-18)29-14-3-2-13-24/h4-10,15,17,21,25H,2-3,11-12,14,16H2,1H3,(H2,26,27,28). The molecule has 3 rings (SSSR count). The van der Waals surface area contributed by atoms with Gasteiger partial charge in [-0.15, -0.1) is 0 Å². The van der Waals surface area contributed by atoms with E-state index in [2.05, 4.69) is 35.0 Å². The average molecular weight is 393 g/mol. The maximum Gasteiger partial charge on any atom is 0.319 e. The van der Waals surface area contributed by atoms with Gasteiger partial charge in [-0.25, -0.2) is 4.79 Å². The summed E-state index contributed by atoms with van der Waals surface area (Å²) in [6.45, 7) is 3.39. The Bertz CT molecular complexity index is 841. The molecule has 1 aliphatic carbocycles. The number of nitriles is 1. The van der Waals surface area contributed by atoms with Crippen molar-refractivity contribution in [1.82, 2.24) is 10.6 Å². The number of carbonyl (C=O) groups is 1. The number of ether oxygens (including phenoxy) is 1. The van der Waals surface area contributed by atoms with Crippen LogP contribution in [0.4, 0.5) is 10.5 Å². The number of carbonyl (C=O) groups excluding carboxylic acids is 1. The van der Waals surface area contributed by atoms with Crippen molar-refractivity contribution in [1.29, 1.82) is 5.26 Å². The minimum absolute atomic E-state index is 0.138. The summed E-state index contributed by atoms with van der Waals surface area (Å²) >= 11 is 0. The maximum atomic E-state index is 11.8. The van der Waals surface area contributed by atoms with Crippen LogP contribution in [0.5, 0.6) is 5.75 Å². The Hall–Kier alpha value is -3.04. The highest BCUT2D eigenvalue weighted by molar-refractivity contribution is 5.89. The fraction of sp³-hybridized carbons (Fsp3) is 0.391. The first-order valence-electron chi connectivity index (χ1n) is 10.1. The summed E-state index contributed by atoms with van der Waals surface area (Å²) < 4.78 is 5.69. The number of hydrogen-bond acceptors (Lipinski definition) is 4. The molecular formula is C23H28N4O2. The molecule has 2 amide bonds. The molecule has 2 aromatic carbocycles. The van der Waals surface area contributed by atoms with E-state index in [4.69, 9.17) is 10.00 Å². The maximum absolute atomic E-state index is 11.8. The van der Waals surface area contributed by atoms with Crippen molar-refractivity contribution in [2.24, 2.45) is 0 Å². The van der Waals surface area contributed by atoms with Crippen LogP contribution >= 0.6 is 0 Å². The number of benzene rings is 2. The van der Waals surface area contributed by atoms with Crippen LogP contribution in [-0.4, -0.2) is 18.7 Å². The summed E-state index contributed by atoms with van der Waals surface area (Å²) in [6, 6.07) is 18.4. The van der Waals surface area contributed by atoms with Crippen molar-refractivity contribution in [2.75, 3.05) is 11.9 Å². The molecule has 6 heteroatoms. The summed E-state index contributed by atoms with van der Waals surface area (Å²) in [5, 5.41) is 17.9. The normalized spacial score (nSPS) is 13.9. The first kappa shape index (κ1) is 20.7. The minimum Gasteiger partial charge on any atom is -0.494 e. The predicted octanol–water partition coefficient (Wildman–Crippen LogP) is 4.50. The third kappa shape index (κ3) is 7.13. The fourth-order valence-electron chi connectivity index (χ4n) is 2.91. The van der Waals surface area contributed by atoms with Crippen LogP contribution in [0.1, 0.15) is 49.8 Å². The number of nitrogens with one attached hydrogen (secondary N) is 3. The highest BCUT2D eigenvalue weighted by Crippen LogP contribution is 2.20. The van der Waals surface area contributed by atoms with Crippen LogP contribution < -0.4 is 20.7 Å². The van der Waals surface area contributed by atoms with Gasteiger partial charge in [-0.2, -0.15) is 5.26 Å². The van der Waals surface area contributed by atoms with Crippen LogP contribution in [0, 0.1) is 11.3 Å². The summed E-state index contributed by atoms with van der Waals surface area (Å²) in [6.07, 6.45) is 3.40. The van der Waals surface area contributed by atoms with Gasteiger partial charge in [-0.3, -0.25) is 0 Å². The molecule has 0 bridgehead atoms. The van der Waals surface area contributed by atoms with Crippen molar-refractivity contribution in [3.05, 3.63) is 59.7 Å². The number of hydrogen-bond donors (Lipinski definition) is 3. The lowest BCUT2D eigenvalue weighted by Gasteiger charge is -2.16. The van der Waals surface area contributed by atoms with E-state index in [1.54, 1.807) is 0 Å². The average Bonchev–Trinajstić information content (AvgIpc) is 3.54. The Labute approximate surface area is 172 Å². The van der Waals surface area contributed by atoms with Gasteiger partial charge in [0, 0.05) is 30.7 Å². The Balaban J connectivity index is 1.45. The lowest BCUT2D eigenvalue weighted by Crippen LogP contribution is -2.30. The Morgan fingerprint density at radius 2 is 2.03 bits per heavy atom. The van der Waals surface area contributed by atoms with E-state index in [9.17, 15) is 4.79 Å². The Morgan fingerprint density at radius 3 is 2.76 bits per heavy atom. The molecule has 0 radical (unpaired) electrons. The monoisotopic (exact) mass is 392 g/mol. The van der Waals surface area contributed by atoms with Crippen LogP contribution in [0.15, 0.2) is 48.5 Å². The predicted molar refractivity (Wildman–Crippen MR) is 114 cm³/mol. The highest BCUT2D eigenvalue weighted by Gasteiger charge is 2.23. The van der Waals surface area contributed by atoms with E-state index < -0.39 is 0 Å². The number of nitrogens with zero attached hydrogens (tertiary/aromatic N) is 1. The van der Waals surface area contributed by atoms with Crippen molar-refractivity contribution in [2.45, 2.75) is 51.2 Å². The Kier molecular flexibility index (Phi) is 7.48. The van der Waals surface area contributed by atoms with Gasteiger partial charge in [-0.1, -0.05) is 24.3 Å². The number of rotatable bonds is 10. The summed E-state index contributed by atoms with van der Waals surface area (Å²) in [7, 11) is 0. The van der Waals surface area contributed by atoms with Crippen LogP contribution in [-0.2, 0) is 6.54 Å². The van der Waals surface area contributed by atoms with Gasteiger partial charge in [0.25, 0.3) is 0 Å². The van der Waals surface area contributed by atoms with Crippen molar-refractivity contribution >= 4 is 11.7 Å². The highest BCUT2D eigenvalue weighted by atomic mass is 16.5. The molecule has 29 heavy (non-hydrogen) atoms. The van der Waals surface area contributed by atoms with E-state index in [0.29, 0.717) is 19.1 Å². The zero-order valence-electron chi connectivity index (χ0n) is 16.8. The van der Waals surface area contributed by atoms with Gasteiger partial charge in [0.05, 0.1) is 12.7 Å². The van der Waals surface area contributed by atoms with E-state index in [1.165, 1.54) is 0 Å². The molecule has 6 nitrogen and oxygen atoms in total. The van der Waals surface area contributed by atoms with Gasteiger partial charge >= 0.3 is 6.03 Å². The van der Waals surface area contributed by atoms with Crippen LogP contribution in [0.25, 0.3) is 0 Å². The lowest BCUT2D eigenvalue weighted by atomic mass is 10.1. The molecule has 1 fully saturated rings. The second kappa shape index (κ2) is 10.5. The largest absolute Gasteiger partial charge is 0.494 e. The zero-order chi connectivity index (χ0) is 20.5. The van der Waals surface area contributed by atoms with Crippen LogP contribution in [0.3, 0.4) is 0 Å². The van der Waals surface area contributed by atoms with Crippen molar-refractivity contribution in [3.63, 3.8) is 0 Å². The third-order valence-corrected chi connectivity index (χ3v) is 4.79. The van der Waals surface area contributed by atoms with E-state index >= 15 is 0 Å². The molecule has 1 atom stereocenters. The molecule has 0 spiro atoms. The molecular weight excluding hydrogens is 364 g/mol. The fourth-order valence-corrected chi connectivity index (χ4v) is 2.91. The van der Waals surface area contributed by atoms with Gasteiger partial charge in [-0.05, 0) is 61.6 Å². The molecule has 1 unspecified atom stereocenters. The molecule has 2 aromatic rings. The zero-order valence-corrected chi connectivity index (χ0v) is 16.8. The molecule has 152 valence electrons. The number of urea groups is 1. The summed E-state index contributed by atoms with van der Waals surface area (Å²) in [5.74, 6) is 0.829. The molecule has 0 saturated heterocycles. The van der Waals surface area contributed by atoms with Gasteiger partial charge < -0.3 is 20.7 Å². The second-order valence-corrected chi connectivity index (χ2v) is 7.35. The first-order valence-corrected chi connectivity index (χ1v) is 10.1. The summed E-state index contributed by atoms with van der Waals surface area (Å²) in [4.78, 5) is 11.8. The van der Waals surface area contributed by atoms with Crippen LogP contribution in [0.2, 0.25) is 0 Å². The molecule has 0 aliphatic heterocycles. The van der Waals surface area contributed by atoms with Crippen molar-refractivity contribution < 1.29 is 9.53 Å².